The summed E-state index contributed by atoms with van der Waals surface area (Å²) < 4.78 is 47.1. The number of amides is 1. The van der Waals surface area contributed by atoms with Crippen molar-refractivity contribution in [3.8, 4) is 0 Å². The molecular formula is C24H22F4N4O3. The zero-order valence-corrected chi connectivity index (χ0v) is 18.4. The van der Waals surface area contributed by atoms with Gasteiger partial charge in [0, 0.05) is 44.8 Å². The summed E-state index contributed by atoms with van der Waals surface area (Å²) in [5.74, 6) is -2.98. The van der Waals surface area contributed by atoms with E-state index in [1.165, 1.54) is 17.7 Å². The monoisotopic (exact) mass is 490 g/mol. The lowest BCUT2D eigenvalue weighted by Crippen LogP contribution is -2.49. The number of fused-ring (bicyclic) bond motifs is 3. The molecule has 2 aliphatic rings. The molecule has 4 heterocycles. The smallest absolute Gasteiger partial charge is 0.475 e. The predicted molar refractivity (Wildman–Crippen MR) is 117 cm³/mol. The Morgan fingerprint density at radius 1 is 1.00 bits per heavy atom. The number of benzene rings is 1. The molecule has 7 nitrogen and oxygen atoms in total. The highest BCUT2D eigenvalue weighted by Crippen LogP contribution is 2.35. The number of likely N-dealkylation sites (tertiary alicyclic amines) is 1. The summed E-state index contributed by atoms with van der Waals surface area (Å²) in [6.45, 7) is 3.00. The Labute approximate surface area is 198 Å². The highest BCUT2D eigenvalue weighted by atomic mass is 19.4. The molecule has 2 aromatic heterocycles. The third-order valence-corrected chi connectivity index (χ3v) is 5.99. The van der Waals surface area contributed by atoms with E-state index in [1.54, 1.807) is 18.3 Å². The highest BCUT2D eigenvalue weighted by Gasteiger charge is 2.44. The van der Waals surface area contributed by atoms with Crippen molar-refractivity contribution in [2.75, 3.05) is 13.1 Å². The van der Waals surface area contributed by atoms with E-state index in [4.69, 9.17) is 9.90 Å². The predicted octanol–water partition coefficient (Wildman–Crippen LogP) is 3.74. The maximum atomic E-state index is 13.3. The zero-order valence-electron chi connectivity index (χ0n) is 18.4. The van der Waals surface area contributed by atoms with Gasteiger partial charge in [0.25, 0.3) is 5.91 Å². The first kappa shape index (κ1) is 24.4. The van der Waals surface area contributed by atoms with E-state index in [1.807, 2.05) is 35.5 Å². The minimum absolute atomic E-state index is 0.0406. The van der Waals surface area contributed by atoms with Crippen LogP contribution in [-0.4, -0.2) is 61.6 Å². The fraction of sp³-hybridized carbons (Fsp3) is 0.292. The topological polar surface area (TPSA) is 78.7 Å². The highest BCUT2D eigenvalue weighted by molar-refractivity contribution is 5.94. The lowest BCUT2D eigenvalue weighted by molar-refractivity contribution is -0.192. The molecule has 0 spiro atoms. The Balaban J connectivity index is 0.000000364. The van der Waals surface area contributed by atoms with Crippen LogP contribution in [0.4, 0.5) is 17.6 Å². The molecule has 0 saturated carbocycles. The molecule has 11 heteroatoms. The maximum absolute atomic E-state index is 13.3. The minimum Gasteiger partial charge on any atom is -0.475 e. The molecule has 3 aromatic rings. The second kappa shape index (κ2) is 9.87. The molecule has 0 bridgehead atoms. The van der Waals surface area contributed by atoms with Gasteiger partial charge in [-0.3, -0.25) is 14.7 Å². The number of carbonyl (C=O) groups excluding carboxylic acids is 1. The standard InChI is InChI=1S/C22H21FN4O.C2HF3O2/c23-18-7-5-16(6-8-18)13-27-21-15-25(12-17-3-1-9-24-11-17)14-20(21)26-10-2-4-19(26)22(27)28;3-2(4,5)1(6)7/h1-11,20-21H,12-15H2;(H,6,7). The summed E-state index contributed by atoms with van der Waals surface area (Å²) >= 11 is 0. The van der Waals surface area contributed by atoms with Gasteiger partial charge in [-0.2, -0.15) is 13.2 Å². The number of nitrogens with zero attached hydrogens (tertiary/aromatic N) is 4. The number of alkyl halides is 3. The average Bonchev–Trinajstić information content (AvgIpc) is 3.46. The lowest BCUT2D eigenvalue weighted by atomic mass is 10.0. The largest absolute Gasteiger partial charge is 0.490 e. The van der Waals surface area contributed by atoms with Crippen molar-refractivity contribution in [3.05, 3.63) is 89.8 Å². The number of carboxylic acids is 1. The number of rotatable bonds is 4. The number of halogens is 4. The number of aliphatic carboxylic acids is 1. The zero-order chi connectivity index (χ0) is 25.2. The van der Waals surface area contributed by atoms with E-state index in [0.717, 1.165) is 30.9 Å². The minimum atomic E-state index is -5.08. The van der Waals surface area contributed by atoms with Gasteiger partial charge in [0.05, 0.1) is 12.1 Å². The van der Waals surface area contributed by atoms with E-state index in [-0.39, 0.29) is 23.8 Å². The van der Waals surface area contributed by atoms with Gasteiger partial charge in [-0.15, -0.1) is 0 Å². The van der Waals surface area contributed by atoms with Crippen LogP contribution in [0.2, 0.25) is 0 Å². The van der Waals surface area contributed by atoms with Crippen molar-refractivity contribution in [2.45, 2.75) is 31.3 Å². The van der Waals surface area contributed by atoms with Gasteiger partial charge in [-0.05, 0) is 41.5 Å². The molecule has 1 N–H and O–H groups in total. The molecule has 2 unspecified atom stereocenters. The van der Waals surface area contributed by atoms with Crippen molar-refractivity contribution in [3.63, 3.8) is 0 Å². The fourth-order valence-corrected chi connectivity index (χ4v) is 4.44. The van der Waals surface area contributed by atoms with Crippen LogP contribution in [0.3, 0.4) is 0 Å². The van der Waals surface area contributed by atoms with E-state index in [2.05, 4.69) is 20.5 Å². The molecule has 0 aliphatic carbocycles. The first-order valence-corrected chi connectivity index (χ1v) is 10.8. The number of carboxylic acid groups (broad SMARTS) is 1. The van der Waals surface area contributed by atoms with Gasteiger partial charge < -0.3 is 14.6 Å². The van der Waals surface area contributed by atoms with Crippen molar-refractivity contribution >= 4 is 11.9 Å². The van der Waals surface area contributed by atoms with Crippen LogP contribution < -0.4 is 0 Å². The number of hydrogen-bond donors (Lipinski definition) is 1. The molecule has 2 aliphatic heterocycles. The second-order valence-corrected chi connectivity index (χ2v) is 8.35. The molecular weight excluding hydrogens is 468 g/mol. The third kappa shape index (κ3) is 5.51. The van der Waals surface area contributed by atoms with Crippen LogP contribution in [0, 0.1) is 5.82 Å². The molecule has 1 fully saturated rings. The van der Waals surface area contributed by atoms with Gasteiger partial charge in [0.1, 0.15) is 11.5 Å². The quantitative estimate of drug-likeness (QED) is 0.564. The first-order valence-electron chi connectivity index (χ1n) is 10.8. The van der Waals surface area contributed by atoms with Gasteiger partial charge >= 0.3 is 12.1 Å². The summed E-state index contributed by atoms with van der Waals surface area (Å²) in [4.78, 5) is 30.6. The second-order valence-electron chi connectivity index (χ2n) is 8.35. The van der Waals surface area contributed by atoms with Gasteiger partial charge in [-0.1, -0.05) is 18.2 Å². The van der Waals surface area contributed by atoms with E-state index >= 15 is 0 Å². The average molecular weight is 490 g/mol. The maximum Gasteiger partial charge on any atom is 0.490 e. The van der Waals surface area contributed by atoms with Crippen LogP contribution in [0.25, 0.3) is 0 Å². The van der Waals surface area contributed by atoms with Gasteiger partial charge in [0.15, 0.2) is 0 Å². The summed E-state index contributed by atoms with van der Waals surface area (Å²) in [5.41, 5.74) is 2.84. The molecule has 2 atom stereocenters. The molecule has 1 aromatic carbocycles. The van der Waals surface area contributed by atoms with Crippen molar-refractivity contribution < 1.29 is 32.3 Å². The normalized spacial score (nSPS) is 19.5. The number of hydrogen-bond acceptors (Lipinski definition) is 4. The number of aromatic nitrogens is 2. The van der Waals surface area contributed by atoms with Crippen LogP contribution >= 0.6 is 0 Å². The van der Waals surface area contributed by atoms with Crippen LogP contribution in [-0.2, 0) is 17.9 Å². The van der Waals surface area contributed by atoms with E-state index < -0.39 is 12.1 Å². The SMILES string of the molecule is O=C(O)C(F)(F)F.O=C1c2cccn2C2CN(Cc3cccnc3)CC2N1Cc1ccc(F)cc1. The molecule has 1 amide bonds. The van der Waals surface area contributed by atoms with Crippen molar-refractivity contribution in [1.29, 1.82) is 0 Å². The van der Waals surface area contributed by atoms with Gasteiger partial charge in [0.2, 0.25) is 0 Å². The van der Waals surface area contributed by atoms with Gasteiger partial charge in [-0.25, -0.2) is 9.18 Å². The van der Waals surface area contributed by atoms with Crippen LogP contribution in [0.5, 0.6) is 0 Å². The summed E-state index contributed by atoms with van der Waals surface area (Å²) in [6.07, 6.45) is 0.598. The molecule has 5 rings (SSSR count). The Kier molecular flexibility index (Phi) is 6.88. The Bertz CT molecular complexity index is 1180. The van der Waals surface area contributed by atoms with Crippen LogP contribution in [0.15, 0.2) is 67.1 Å². The van der Waals surface area contributed by atoms with Crippen molar-refractivity contribution in [1.82, 2.24) is 19.4 Å². The summed E-state index contributed by atoms with van der Waals surface area (Å²) in [5, 5.41) is 7.12. The third-order valence-electron chi connectivity index (χ3n) is 5.99. The lowest BCUT2D eigenvalue weighted by Gasteiger charge is -2.38. The summed E-state index contributed by atoms with van der Waals surface area (Å²) in [7, 11) is 0. The Hall–Kier alpha value is -3.73. The molecule has 184 valence electrons. The van der Waals surface area contributed by atoms with Crippen molar-refractivity contribution in [2.24, 2.45) is 0 Å². The van der Waals surface area contributed by atoms with Crippen LogP contribution in [0.1, 0.15) is 27.7 Å². The molecule has 35 heavy (non-hydrogen) atoms. The molecule has 1 saturated heterocycles. The summed E-state index contributed by atoms with van der Waals surface area (Å²) in [6, 6.07) is 14.6. The number of carbonyl (C=O) groups is 2. The Morgan fingerprint density at radius 2 is 1.69 bits per heavy atom. The van der Waals surface area contributed by atoms with E-state index in [0.29, 0.717) is 6.54 Å². The molecule has 0 radical (unpaired) electrons. The Morgan fingerprint density at radius 3 is 2.31 bits per heavy atom. The number of pyridine rings is 1. The van der Waals surface area contributed by atoms with E-state index in [9.17, 15) is 22.4 Å². The first-order chi connectivity index (χ1) is 16.6. The fourth-order valence-electron chi connectivity index (χ4n) is 4.44.